The molecular formula is C13H12F2N2O5S. The average Bonchev–Trinajstić information content (AvgIpc) is 2.79. The van der Waals surface area contributed by atoms with Crippen molar-refractivity contribution in [2.45, 2.75) is 20.1 Å². The Morgan fingerprint density at radius 3 is 2.57 bits per heavy atom. The van der Waals surface area contributed by atoms with Gasteiger partial charge in [-0.15, -0.1) is 0 Å². The standard InChI is InChI=1S/C13H12F2N2O5S/c1-7-6-23-13(18)16(7)5-8-3-10(21-2)11(22-12(14)15)4-9(8)17(19)20/h3-4,6,12H,5H2,1-2H3. The molecule has 0 atom stereocenters. The van der Waals surface area contributed by atoms with Gasteiger partial charge in [0, 0.05) is 11.1 Å². The van der Waals surface area contributed by atoms with Crippen LogP contribution < -0.4 is 14.3 Å². The molecule has 1 aromatic carbocycles. The van der Waals surface area contributed by atoms with Gasteiger partial charge in [-0.2, -0.15) is 8.78 Å². The number of nitrogens with zero attached hydrogens (tertiary/aromatic N) is 2. The molecule has 124 valence electrons. The third kappa shape index (κ3) is 3.65. The zero-order chi connectivity index (χ0) is 17.1. The Morgan fingerprint density at radius 1 is 1.39 bits per heavy atom. The van der Waals surface area contributed by atoms with Crippen LogP contribution >= 0.6 is 11.3 Å². The average molecular weight is 346 g/mol. The predicted molar refractivity (Wildman–Crippen MR) is 78.7 cm³/mol. The number of thiazole rings is 1. The largest absolute Gasteiger partial charge is 0.493 e. The fourth-order valence-corrected chi connectivity index (χ4v) is 2.74. The summed E-state index contributed by atoms with van der Waals surface area (Å²) >= 11 is 0.968. The van der Waals surface area contributed by atoms with Crippen molar-refractivity contribution in [2.75, 3.05) is 7.11 Å². The molecule has 0 saturated heterocycles. The van der Waals surface area contributed by atoms with Gasteiger partial charge in [-0.1, -0.05) is 11.3 Å². The number of methoxy groups -OCH3 is 1. The monoisotopic (exact) mass is 346 g/mol. The van der Waals surface area contributed by atoms with E-state index in [2.05, 4.69) is 4.74 Å². The summed E-state index contributed by atoms with van der Waals surface area (Å²) in [6.45, 7) is -1.53. The van der Waals surface area contributed by atoms with E-state index in [1.54, 1.807) is 12.3 Å². The molecule has 1 heterocycles. The first-order chi connectivity index (χ1) is 10.8. The minimum Gasteiger partial charge on any atom is -0.493 e. The SMILES string of the molecule is COc1cc(Cn2c(C)csc2=O)c([N+](=O)[O-])cc1OC(F)F. The van der Waals surface area contributed by atoms with Crippen LogP contribution in [0, 0.1) is 17.0 Å². The third-order valence-electron chi connectivity index (χ3n) is 3.08. The van der Waals surface area contributed by atoms with Crippen LogP contribution in [0.15, 0.2) is 22.3 Å². The van der Waals surface area contributed by atoms with E-state index in [0.29, 0.717) is 5.69 Å². The minimum atomic E-state index is -3.14. The van der Waals surface area contributed by atoms with Gasteiger partial charge < -0.3 is 9.47 Å². The van der Waals surface area contributed by atoms with Gasteiger partial charge in [-0.05, 0) is 13.0 Å². The van der Waals surface area contributed by atoms with Crippen LogP contribution in [0.5, 0.6) is 11.5 Å². The Kier molecular flexibility index (Phi) is 4.94. The first-order valence-electron chi connectivity index (χ1n) is 6.28. The molecule has 0 radical (unpaired) electrons. The summed E-state index contributed by atoms with van der Waals surface area (Å²) in [4.78, 5) is 21.9. The first kappa shape index (κ1) is 16.9. The maximum Gasteiger partial charge on any atom is 0.387 e. The molecule has 0 spiro atoms. The lowest BCUT2D eigenvalue weighted by molar-refractivity contribution is -0.385. The molecule has 7 nitrogen and oxygen atoms in total. The normalized spacial score (nSPS) is 10.8. The molecule has 1 aromatic heterocycles. The number of hydrogen-bond donors (Lipinski definition) is 0. The van der Waals surface area contributed by atoms with E-state index in [1.165, 1.54) is 17.7 Å². The Bertz CT molecular complexity index is 787. The molecule has 0 amide bonds. The summed E-state index contributed by atoms with van der Waals surface area (Å²) < 4.78 is 35.3. The molecule has 0 aliphatic rings. The van der Waals surface area contributed by atoms with Gasteiger partial charge in [-0.3, -0.25) is 19.5 Å². The van der Waals surface area contributed by atoms with Gasteiger partial charge in [-0.25, -0.2) is 0 Å². The van der Waals surface area contributed by atoms with Crippen LogP contribution in [0.3, 0.4) is 0 Å². The highest BCUT2D eigenvalue weighted by atomic mass is 32.1. The lowest BCUT2D eigenvalue weighted by Gasteiger charge is -2.12. The molecule has 0 fully saturated rings. The topological polar surface area (TPSA) is 83.6 Å². The molecule has 0 saturated carbocycles. The van der Waals surface area contributed by atoms with Gasteiger partial charge >= 0.3 is 11.5 Å². The smallest absolute Gasteiger partial charge is 0.387 e. The second-order valence-corrected chi connectivity index (χ2v) is 5.32. The van der Waals surface area contributed by atoms with Crippen molar-refractivity contribution in [2.24, 2.45) is 0 Å². The molecule has 10 heteroatoms. The van der Waals surface area contributed by atoms with Crippen LogP contribution in [0.25, 0.3) is 0 Å². The fraction of sp³-hybridized carbons (Fsp3) is 0.308. The van der Waals surface area contributed by atoms with E-state index in [0.717, 1.165) is 17.4 Å². The number of benzene rings is 1. The summed E-state index contributed by atoms with van der Waals surface area (Å²) in [5, 5.41) is 12.8. The van der Waals surface area contributed by atoms with E-state index in [4.69, 9.17) is 4.74 Å². The number of hydrogen-bond acceptors (Lipinski definition) is 6. The maximum absolute atomic E-state index is 12.4. The third-order valence-corrected chi connectivity index (χ3v) is 3.96. The lowest BCUT2D eigenvalue weighted by atomic mass is 10.1. The second-order valence-electron chi connectivity index (χ2n) is 4.50. The molecule has 0 N–H and O–H groups in total. The highest BCUT2D eigenvalue weighted by Gasteiger charge is 2.22. The maximum atomic E-state index is 12.4. The van der Waals surface area contributed by atoms with E-state index in [-0.39, 0.29) is 22.7 Å². The van der Waals surface area contributed by atoms with Crippen molar-refractivity contribution in [1.29, 1.82) is 0 Å². The summed E-state index contributed by atoms with van der Waals surface area (Å²) in [5.41, 5.74) is 0.359. The van der Waals surface area contributed by atoms with Gasteiger partial charge in [0.2, 0.25) is 0 Å². The Labute approximate surface area is 132 Å². The fourth-order valence-electron chi connectivity index (χ4n) is 2.00. The molecular weight excluding hydrogens is 334 g/mol. The number of ether oxygens (including phenoxy) is 2. The van der Waals surface area contributed by atoms with Gasteiger partial charge in [0.1, 0.15) is 0 Å². The molecule has 0 unspecified atom stereocenters. The number of aryl methyl sites for hydroxylation is 1. The van der Waals surface area contributed by atoms with Gasteiger partial charge in [0.25, 0.3) is 5.69 Å². The number of aromatic nitrogens is 1. The summed E-state index contributed by atoms with van der Waals surface area (Å²) in [6.07, 6.45) is 0. The molecule has 23 heavy (non-hydrogen) atoms. The van der Waals surface area contributed by atoms with E-state index in [9.17, 15) is 23.7 Å². The van der Waals surface area contributed by atoms with Crippen LogP contribution in [-0.2, 0) is 6.54 Å². The summed E-state index contributed by atoms with van der Waals surface area (Å²) in [5.74, 6) is -0.515. The summed E-state index contributed by atoms with van der Waals surface area (Å²) in [7, 11) is 1.23. The molecule has 2 rings (SSSR count). The predicted octanol–water partition coefficient (Wildman–Crippen LogP) is 2.78. The number of nitro benzene ring substituents is 1. The Morgan fingerprint density at radius 2 is 2.09 bits per heavy atom. The Balaban J connectivity index is 2.53. The molecule has 0 aliphatic heterocycles. The van der Waals surface area contributed by atoms with Crippen LogP contribution in [0.1, 0.15) is 11.3 Å². The first-order valence-corrected chi connectivity index (χ1v) is 7.16. The van der Waals surface area contributed by atoms with Crippen LogP contribution in [-0.4, -0.2) is 23.2 Å². The van der Waals surface area contributed by atoms with E-state index >= 15 is 0 Å². The number of alkyl halides is 2. The number of halogens is 2. The van der Waals surface area contributed by atoms with Crippen molar-refractivity contribution >= 4 is 17.0 Å². The quantitative estimate of drug-likeness (QED) is 0.593. The van der Waals surface area contributed by atoms with Crippen LogP contribution in [0.4, 0.5) is 14.5 Å². The zero-order valence-corrected chi connectivity index (χ0v) is 12.9. The number of rotatable bonds is 6. The van der Waals surface area contributed by atoms with Crippen molar-refractivity contribution in [3.8, 4) is 11.5 Å². The second kappa shape index (κ2) is 6.73. The lowest BCUT2D eigenvalue weighted by Crippen LogP contribution is -2.16. The van der Waals surface area contributed by atoms with Crippen molar-refractivity contribution in [3.05, 3.63) is 48.6 Å². The van der Waals surface area contributed by atoms with Gasteiger partial charge in [0.05, 0.1) is 30.2 Å². The molecule has 2 aromatic rings. The van der Waals surface area contributed by atoms with E-state index in [1.807, 2.05) is 0 Å². The van der Waals surface area contributed by atoms with Crippen molar-refractivity contribution in [1.82, 2.24) is 4.57 Å². The Hall–Kier alpha value is -2.49. The van der Waals surface area contributed by atoms with Gasteiger partial charge in [0.15, 0.2) is 11.5 Å². The summed E-state index contributed by atoms with van der Waals surface area (Å²) in [6, 6.07) is 2.09. The van der Waals surface area contributed by atoms with Crippen LogP contribution in [0.2, 0.25) is 0 Å². The highest BCUT2D eigenvalue weighted by molar-refractivity contribution is 7.07. The van der Waals surface area contributed by atoms with E-state index < -0.39 is 23.0 Å². The molecule has 0 bridgehead atoms. The highest BCUT2D eigenvalue weighted by Crippen LogP contribution is 2.36. The zero-order valence-electron chi connectivity index (χ0n) is 12.1. The van der Waals surface area contributed by atoms with Crippen molar-refractivity contribution < 1.29 is 23.2 Å². The molecule has 0 aliphatic carbocycles. The number of nitro groups is 1. The van der Waals surface area contributed by atoms with Crippen molar-refractivity contribution in [3.63, 3.8) is 0 Å². The minimum absolute atomic E-state index is 0.0736.